The van der Waals surface area contributed by atoms with Gasteiger partial charge in [-0.3, -0.25) is 9.67 Å². The summed E-state index contributed by atoms with van der Waals surface area (Å²) in [4.78, 5) is 10.6. The molecule has 2 aromatic rings. The van der Waals surface area contributed by atoms with Crippen molar-refractivity contribution < 1.29 is 4.74 Å². The number of hydrogen-bond acceptors (Lipinski definition) is 4. The minimum Gasteiger partial charge on any atom is -0.497 e. The number of guanidine groups is 1. The van der Waals surface area contributed by atoms with E-state index in [2.05, 4.69) is 43.5 Å². The predicted molar refractivity (Wildman–Crippen MR) is 98.5 cm³/mol. The fourth-order valence-electron chi connectivity index (χ4n) is 2.91. The van der Waals surface area contributed by atoms with E-state index in [0.717, 1.165) is 44.3 Å². The first kappa shape index (κ1) is 17.0. The molecule has 0 atom stereocenters. The van der Waals surface area contributed by atoms with Gasteiger partial charge in [-0.1, -0.05) is 18.2 Å². The number of methoxy groups -OCH3 is 1. The third kappa shape index (κ3) is 4.37. The summed E-state index contributed by atoms with van der Waals surface area (Å²) >= 11 is 0. The second-order valence-electron chi connectivity index (χ2n) is 5.79. The SMILES string of the molecule is CN=C(NCCn1cncn1)N1CC=C(c2cccc(OC)c2)CC1. The molecule has 0 saturated carbocycles. The number of nitrogens with zero attached hydrogens (tertiary/aromatic N) is 5. The maximum absolute atomic E-state index is 5.32. The standard InChI is InChI=1S/C18H24N6O/c1-19-18(21-8-11-24-14-20-13-22-24)23-9-6-15(7-10-23)16-4-3-5-17(12-16)25-2/h3-6,12-14H,7-11H2,1-2H3,(H,19,21). The molecule has 1 aliphatic rings. The van der Waals surface area contributed by atoms with Crippen molar-refractivity contribution in [2.45, 2.75) is 13.0 Å². The number of hydrogen-bond donors (Lipinski definition) is 1. The highest BCUT2D eigenvalue weighted by Gasteiger charge is 2.16. The average molecular weight is 340 g/mol. The van der Waals surface area contributed by atoms with Crippen LogP contribution in [0.1, 0.15) is 12.0 Å². The third-order valence-corrected chi connectivity index (χ3v) is 4.25. The molecule has 0 saturated heterocycles. The number of aromatic nitrogens is 3. The van der Waals surface area contributed by atoms with Crippen LogP contribution in [0.25, 0.3) is 5.57 Å². The van der Waals surface area contributed by atoms with Crippen molar-refractivity contribution in [3.05, 3.63) is 48.6 Å². The molecule has 0 spiro atoms. The van der Waals surface area contributed by atoms with Gasteiger partial charge >= 0.3 is 0 Å². The van der Waals surface area contributed by atoms with E-state index >= 15 is 0 Å². The molecule has 0 amide bonds. The monoisotopic (exact) mass is 340 g/mol. The van der Waals surface area contributed by atoms with Crippen LogP contribution in [0.4, 0.5) is 0 Å². The van der Waals surface area contributed by atoms with Crippen LogP contribution < -0.4 is 10.1 Å². The van der Waals surface area contributed by atoms with Crippen molar-refractivity contribution in [2.24, 2.45) is 4.99 Å². The highest BCUT2D eigenvalue weighted by Crippen LogP contribution is 2.25. The molecule has 0 unspecified atom stereocenters. The molecule has 0 radical (unpaired) electrons. The third-order valence-electron chi connectivity index (χ3n) is 4.25. The second-order valence-corrected chi connectivity index (χ2v) is 5.79. The van der Waals surface area contributed by atoms with Crippen LogP contribution in [-0.2, 0) is 6.54 Å². The van der Waals surface area contributed by atoms with Crippen LogP contribution in [0, 0.1) is 0 Å². The molecule has 1 N–H and O–H groups in total. The number of benzene rings is 1. The van der Waals surface area contributed by atoms with Crippen molar-refractivity contribution in [1.29, 1.82) is 0 Å². The quantitative estimate of drug-likeness (QED) is 0.662. The van der Waals surface area contributed by atoms with E-state index in [9.17, 15) is 0 Å². The Morgan fingerprint density at radius 1 is 1.40 bits per heavy atom. The minimum atomic E-state index is 0.762. The van der Waals surface area contributed by atoms with Crippen molar-refractivity contribution in [2.75, 3.05) is 33.8 Å². The first-order valence-corrected chi connectivity index (χ1v) is 8.41. The number of rotatable bonds is 5. The summed E-state index contributed by atoms with van der Waals surface area (Å²) in [6.45, 7) is 3.30. The fourth-order valence-corrected chi connectivity index (χ4v) is 2.91. The van der Waals surface area contributed by atoms with Crippen LogP contribution in [0.2, 0.25) is 0 Å². The zero-order valence-electron chi connectivity index (χ0n) is 14.7. The zero-order valence-corrected chi connectivity index (χ0v) is 14.7. The first-order valence-electron chi connectivity index (χ1n) is 8.41. The van der Waals surface area contributed by atoms with E-state index in [1.165, 1.54) is 11.1 Å². The lowest BCUT2D eigenvalue weighted by Crippen LogP contribution is -2.44. The van der Waals surface area contributed by atoms with Crippen LogP contribution >= 0.6 is 0 Å². The molecule has 0 fully saturated rings. The van der Waals surface area contributed by atoms with Gasteiger partial charge in [0.25, 0.3) is 0 Å². The lowest BCUT2D eigenvalue weighted by atomic mass is 9.99. The fraction of sp³-hybridized carbons (Fsp3) is 0.389. The summed E-state index contributed by atoms with van der Waals surface area (Å²) in [7, 11) is 3.52. The molecule has 132 valence electrons. The highest BCUT2D eigenvalue weighted by molar-refractivity contribution is 5.81. The van der Waals surface area contributed by atoms with Gasteiger partial charge in [-0.15, -0.1) is 0 Å². The van der Waals surface area contributed by atoms with E-state index in [-0.39, 0.29) is 0 Å². The molecule has 0 aliphatic carbocycles. The number of ether oxygens (including phenoxy) is 1. The summed E-state index contributed by atoms with van der Waals surface area (Å²) < 4.78 is 7.12. The molecule has 1 aromatic heterocycles. The summed E-state index contributed by atoms with van der Waals surface area (Å²) in [6.07, 6.45) is 6.51. The maximum atomic E-state index is 5.32. The minimum absolute atomic E-state index is 0.762. The summed E-state index contributed by atoms with van der Waals surface area (Å²) in [5.74, 6) is 1.81. The number of nitrogens with one attached hydrogen (secondary N) is 1. The zero-order chi connectivity index (χ0) is 17.5. The second kappa shape index (κ2) is 8.32. The van der Waals surface area contributed by atoms with E-state index in [0.29, 0.717) is 0 Å². The van der Waals surface area contributed by atoms with Gasteiger partial charge in [0, 0.05) is 26.7 Å². The Labute approximate surface area is 148 Å². The lowest BCUT2D eigenvalue weighted by Gasteiger charge is -2.29. The van der Waals surface area contributed by atoms with Crippen LogP contribution in [0.15, 0.2) is 48.0 Å². The summed E-state index contributed by atoms with van der Waals surface area (Å²) in [6, 6.07) is 8.23. The van der Waals surface area contributed by atoms with Gasteiger partial charge < -0.3 is 15.0 Å². The van der Waals surface area contributed by atoms with Gasteiger partial charge in [0.1, 0.15) is 18.4 Å². The Bertz CT molecular complexity index is 738. The van der Waals surface area contributed by atoms with Crippen molar-refractivity contribution in [3.8, 4) is 5.75 Å². The molecular formula is C18H24N6O. The molecule has 3 rings (SSSR count). The van der Waals surface area contributed by atoms with Crippen LogP contribution in [-0.4, -0.2) is 59.4 Å². The molecule has 0 bridgehead atoms. The highest BCUT2D eigenvalue weighted by atomic mass is 16.5. The van der Waals surface area contributed by atoms with Gasteiger partial charge in [0.05, 0.1) is 13.7 Å². The van der Waals surface area contributed by atoms with Crippen molar-refractivity contribution in [1.82, 2.24) is 25.0 Å². The van der Waals surface area contributed by atoms with Crippen LogP contribution in [0.5, 0.6) is 5.75 Å². The van der Waals surface area contributed by atoms with Gasteiger partial charge in [0.15, 0.2) is 5.96 Å². The molecule has 7 nitrogen and oxygen atoms in total. The Morgan fingerprint density at radius 2 is 2.32 bits per heavy atom. The predicted octanol–water partition coefficient (Wildman–Crippen LogP) is 1.65. The normalized spacial score (nSPS) is 15.0. The first-order chi connectivity index (χ1) is 12.3. The average Bonchev–Trinajstić information content (AvgIpc) is 3.19. The maximum Gasteiger partial charge on any atom is 0.194 e. The van der Waals surface area contributed by atoms with Gasteiger partial charge in [-0.2, -0.15) is 5.10 Å². The van der Waals surface area contributed by atoms with E-state index < -0.39 is 0 Å². The molecule has 1 aromatic carbocycles. The van der Waals surface area contributed by atoms with Gasteiger partial charge in [0.2, 0.25) is 0 Å². The molecular weight excluding hydrogens is 316 g/mol. The Hall–Kier alpha value is -2.83. The van der Waals surface area contributed by atoms with E-state index in [4.69, 9.17) is 4.74 Å². The van der Waals surface area contributed by atoms with Crippen molar-refractivity contribution in [3.63, 3.8) is 0 Å². The van der Waals surface area contributed by atoms with Gasteiger partial charge in [-0.05, 0) is 29.7 Å². The summed E-state index contributed by atoms with van der Waals surface area (Å²) in [5.41, 5.74) is 2.58. The molecule has 7 heteroatoms. The largest absolute Gasteiger partial charge is 0.497 e. The van der Waals surface area contributed by atoms with E-state index in [1.807, 2.05) is 19.2 Å². The Kier molecular flexibility index (Phi) is 5.66. The Morgan fingerprint density at radius 3 is 3.00 bits per heavy atom. The van der Waals surface area contributed by atoms with E-state index in [1.54, 1.807) is 24.4 Å². The molecule has 2 heterocycles. The molecule has 1 aliphatic heterocycles. The smallest absolute Gasteiger partial charge is 0.194 e. The Balaban J connectivity index is 1.56. The molecule has 25 heavy (non-hydrogen) atoms. The van der Waals surface area contributed by atoms with Crippen LogP contribution in [0.3, 0.4) is 0 Å². The van der Waals surface area contributed by atoms with Gasteiger partial charge in [-0.25, -0.2) is 4.98 Å². The topological polar surface area (TPSA) is 67.6 Å². The van der Waals surface area contributed by atoms with Crippen molar-refractivity contribution >= 4 is 11.5 Å². The summed E-state index contributed by atoms with van der Waals surface area (Å²) in [5, 5.41) is 7.49. The lowest BCUT2D eigenvalue weighted by molar-refractivity contribution is 0.414. The number of aliphatic imine (C=N–C) groups is 1.